The highest BCUT2D eigenvalue weighted by molar-refractivity contribution is 6.32. The van der Waals surface area contributed by atoms with Crippen molar-refractivity contribution in [2.24, 2.45) is 0 Å². The molecule has 1 atom stereocenters. The van der Waals surface area contributed by atoms with Crippen molar-refractivity contribution >= 4 is 23.1 Å². The van der Waals surface area contributed by atoms with Gasteiger partial charge in [-0.15, -0.1) is 0 Å². The highest BCUT2D eigenvalue weighted by atomic mass is 35.5. The van der Waals surface area contributed by atoms with E-state index < -0.39 is 0 Å². The Balaban J connectivity index is 1.76. The summed E-state index contributed by atoms with van der Waals surface area (Å²) >= 11 is 6.13. The van der Waals surface area contributed by atoms with Crippen molar-refractivity contribution in [3.8, 4) is 6.07 Å². The first-order valence-electron chi connectivity index (χ1n) is 7.24. The number of anilines is 2. The van der Waals surface area contributed by atoms with Crippen molar-refractivity contribution in [1.82, 2.24) is 9.97 Å². The highest BCUT2D eigenvalue weighted by Crippen LogP contribution is 2.29. The number of benzene rings is 1. The van der Waals surface area contributed by atoms with E-state index in [4.69, 9.17) is 11.6 Å². The van der Waals surface area contributed by atoms with Crippen molar-refractivity contribution < 1.29 is 0 Å². The number of hydrogen-bond acceptors (Lipinski definition) is 5. The van der Waals surface area contributed by atoms with E-state index in [1.165, 1.54) is 6.33 Å². The minimum absolute atomic E-state index is 0.286. The zero-order valence-corrected chi connectivity index (χ0v) is 12.8. The molecule has 0 aliphatic carbocycles. The number of piperidine rings is 1. The molecule has 1 saturated heterocycles. The lowest BCUT2D eigenvalue weighted by Crippen LogP contribution is -2.42. The molecule has 22 heavy (non-hydrogen) atoms. The van der Waals surface area contributed by atoms with Gasteiger partial charge >= 0.3 is 0 Å². The Hall–Kier alpha value is -2.32. The number of nitriles is 1. The van der Waals surface area contributed by atoms with Crippen LogP contribution in [0.5, 0.6) is 0 Å². The molecule has 2 aromatic rings. The van der Waals surface area contributed by atoms with Crippen molar-refractivity contribution in [3.63, 3.8) is 0 Å². The first kappa shape index (κ1) is 14.6. The second-order valence-electron chi connectivity index (χ2n) is 5.27. The number of nitrogens with zero attached hydrogens (tertiary/aromatic N) is 4. The summed E-state index contributed by atoms with van der Waals surface area (Å²) in [4.78, 5) is 10.3. The zero-order valence-electron chi connectivity index (χ0n) is 12.0. The Morgan fingerprint density at radius 2 is 2.27 bits per heavy atom. The van der Waals surface area contributed by atoms with Gasteiger partial charge in [0.05, 0.1) is 16.3 Å². The fourth-order valence-electron chi connectivity index (χ4n) is 2.79. The van der Waals surface area contributed by atoms with E-state index in [1.807, 2.05) is 18.2 Å². The van der Waals surface area contributed by atoms with Crippen LogP contribution in [0, 0.1) is 11.3 Å². The summed E-state index contributed by atoms with van der Waals surface area (Å²) in [6.07, 6.45) is 5.39. The molecule has 1 fully saturated rings. The van der Waals surface area contributed by atoms with E-state index in [2.05, 4.69) is 26.3 Å². The average molecular weight is 314 g/mol. The molecular weight excluding hydrogens is 298 g/mol. The van der Waals surface area contributed by atoms with E-state index >= 15 is 0 Å². The maximum absolute atomic E-state index is 9.34. The molecule has 0 spiro atoms. The molecule has 1 aliphatic rings. The summed E-state index contributed by atoms with van der Waals surface area (Å²) in [7, 11) is 0. The van der Waals surface area contributed by atoms with Gasteiger partial charge in [-0.1, -0.05) is 17.7 Å². The summed E-state index contributed by atoms with van der Waals surface area (Å²) in [5, 5.41) is 13.3. The molecule has 2 heterocycles. The lowest BCUT2D eigenvalue weighted by molar-refractivity contribution is 0.528. The van der Waals surface area contributed by atoms with Gasteiger partial charge in [0.25, 0.3) is 0 Å². The van der Waals surface area contributed by atoms with Crippen molar-refractivity contribution in [2.75, 3.05) is 23.3 Å². The summed E-state index contributed by atoms with van der Waals surface area (Å²) in [5.74, 6) is 0.827. The molecular formula is C16H16ClN5. The minimum Gasteiger partial charge on any atom is -0.368 e. The second-order valence-corrected chi connectivity index (χ2v) is 5.68. The van der Waals surface area contributed by atoms with Crippen molar-refractivity contribution in [3.05, 3.63) is 47.4 Å². The summed E-state index contributed by atoms with van der Waals surface area (Å²) in [5.41, 5.74) is 1.45. The van der Waals surface area contributed by atoms with Crippen LogP contribution >= 0.6 is 11.6 Å². The number of nitrogens with one attached hydrogen (secondary N) is 1. The van der Waals surface area contributed by atoms with Crippen LogP contribution in [0.15, 0.2) is 36.8 Å². The predicted molar refractivity (Wildman–Crippen MR) is 87.1 cm³/mol. The lowest BCUT2D eigenvalue weighted by atomic mass is 10.0. The first-order valence-corrected chi connectivity index (χ1v) is 7.62. The van der Waals surface area contributed by atoms with Gasteiger partial charge in [0.2, 0.25) is 0 Å². The minimum atomic E-state index is 0.286. The average Bonchev–Trinajstić information content (AvgIpc) is 2.56. The van der Waals surface area contributed by atoms with E-state index in [0.717, 1.165) is 37.4 Å². The lowest BCUT2D eigenvalue weighted by Gasteiger charge is -2.35. The molecule has 1 aromatic carbocycles. The number of hydrogen-bond donors (Lipinski definition) is 1. The van der Waals surface area contributed by atoms with Gasteiger partial charge in [-0.3, -0.25) is 0 Å². The Morgan fingerprint density at radius 3 is 3.05 bits per heavy atom. The predicted octanol–water partition coefficient (Wildman–Crippen LogP) is 3.08. The number of aromatic nitrogens is 2. The van der Waals surface area contributed by atoms with Gasteiger partial charge in [-0.25, -0.2) is 9.97 Å². The quantitative estimate of drug-likeness (QED) is 0.943. The van der Waals surface area contributed by atoms with Gasteiger partial charge in [-0.2, -0.15) is 5.26 Å². The summed E-state index contributed by atoms with van der Waals surface area (Å²) in [6, 6.07) is 9.96. The van der Waals surface area contributed by atoms with Crippen LogP contribution in [-0.4, -0.2) is 29.1 Å². The van der Waals surface area contributed by atoms with Gasteiger partial charge in [-0.05, 0) is 31.0 Å². The number of rotatable bonds is 3. The third kappa shape index (κ3) is 3.12. The van der Waals surface area contributed by atoms with Crippen LogP contribution in [-0.2, 0) is 0 Å². The third-order valence-corrected chi connectivity index (χ3v) is 4.11. The van der Waals surface area contributed by atoms with Crippen LogP contribution < -0.4 is 10.2 Å². The topological polar surface area (TPSA) is 64.8 Å². The first-order chi connectivity index (χ1) is 10.8. The van der Waals surface area contributed by atoms with Crippen LogP contribution in [0.25, 0.3) is 0 Å². The van der Waals surface area contributed by atoms with E-state index in [1.54, 1.807) is 12.3 Å². The zero-order chi connectivity index (χ0) is 15.4. The SMILES string of the molecule is N#Cc1c(Cl)cccc1N1CCCC(Nc2ccncn2)C1. The Morgan fingerprint density at radius 1 is 1.36 bits per heavy atom. The molecule has 1 aliphatic heterocycles. The highest BCUT2D eigenvalue weighted by Gasteiger charge is 2.22. The smallest absolute Gasteiger partial charge is 0.129 e. The van der Waals surface area contributed by atoms with Crippen molar-refractivity contribution in [1.29, 1.82) is 5.26 Å². The summed E-state index contributed by atoms with van der Waals surface area (Å²) < 4.78 is 0. The van der Waals surface area contributed by atoms with Crippen LogP contribution in [0.4, 0.5) is 11.5 Å². The molecule has 0 bridgehead atoms. The standard InChI is InChI=1S/C16H16ClN5/c17-14-4-1-5-15(13(14)9-18)22-8-2-3-12(10-22)21-16-6-7-19-11-20-16/h1,4-7,11-12H,2-3,8,10H2,(H,19,20,21). The monoisotopic (exact) mass is 313 g/mol. The third-order valence-electron chi connectivity index (χ3n) is 3.80. The Labute approximate surface area is 134 Å². The molecule has 5 nitrogen and oxygen atoms in total. The maximum atomic E-state index is 9.34. The van der Waals surface area contributed by atoms with E-state index in [-0.39, 0.29) is 6.04 Å². The largest absolute Gasteiger partial charge is 0.368 e. The van der Waals surface area contributed by atoms with Gasteiger partial charge in [0.15, 0.2) is 0 Å². The molecule has 0 saturated carbocycles. The second kappa shape index (κ2) is 6.63. The molecule has 1 N–H and O–H groups in total. The van der Waals surface area contributed by atoms with Crippen LogP contribution in [0.3, 0.4) is 0 Å². The maximum Gasteiger partial charge on any atom is 0.129 e. The Kier molecular flexibility index (Phi) is 4.40. The van der Waals surface area contributed by atoms with Crippen LogP contribution in [0.1, 0.15) is 18.4 Å². The van der Waals surface area contributed by atoms with Crippen LogP contribution in [0.2, 0.25) is 5.02 Å². The molecule has 1 aromatic heterocycles. The Bertz CT molecular complexity index is 683. The number of halogens is 1. The molecule has 112 valence electrons. The molecule has 0 amide bonds. The van der Waals surface area contributed by atoms with E-state index in [9.17, 15) is 5.26 Å². The van der Waals surface area contributed by atoms with Crippen molar-refractivity contribution in [2.45, 2.75) is 18.9 Å². The fourth-order valence-corrected chi connectivity index (χ4v) is 3.00. The van der Waals surface area contributed by atoms with Gasteiger partial charge < -0.3 is 10.2 Å². The van der Waals surface area contributed by atoms with E-state index in [0.29, 0.717) is 10.6 Å². The van der Waals surface area contributed by atoms with Gasteiger partial charge in [0.1, 0.15) is 18.2 Å². The molecule has 3 rings (SSSR count). The fraction of sp³-hybridized carbons (Fsp3) is 0.312. The van der Waals surface area contributed by atoms with Gasteiger partial charge in [0, 0.05) is 25.3 Å². The molecule has 1 unspecified atom stereocenters. The molecule has 6 heteroatoms. The normalized spacial score (nSPS) is 17.8. The molecule has 0 radical (unpaired) electrons. The summed E-state index contributed by atoms with van der Waals surface area (Å²) in [6.45, 7) is 1.75.